The molecule has 0 aliphatic carbocycles. The van der Waals surface area contributed by atoms with Crippen molar-refractivity contribution >= 4 is 5.91 Å². The Labute approximate surface area is 58.8 Å². The summed E-state index contributed by atoms with van der Waals surface area (Å²) in [7, 11) is 1.51. The molecule has 0 radical (unpaired) electrons. The highest BCUT2D eigenvalue weighted by Crippen LogP contribution is 2.25. The van der Waals surface area contributed by atoms with Gasteiger partial charge in [0, 0.05) is 7.05 Å². The van der Waals surface area contributed by atoms with Gasteiger partial charge in [0.05, 0.1) is 19.3 Å². The Balaban J connectivity index is 2.67. The molecular formula is C6H8N2O2. The van der Waals surface area contributed by atoms with Gasteiger partial charge in [0.2, 0.25) is 5.91 Å². The van der Waals surface area contributed by atoms with Crippen molar-refractivity contribution in [2.24, 2.45) is 5.41 Å². The fourth-order valence-electron chi connectivity index (χ4n) is 0.792. The van der Waals surface area contributed by atoms with E-state index in [9.17, 15) is 4.79 Å². The Morgan fingerprint density at radius 2 is 2.40 bits per heavy atom. The van der Waals surface area contributed by atoms with Crippen LogP contribution in [0.15, 0.2) is 0 Å². The lowest BCUT2D eigenvalue weighted by atomic mass is 9.87. The highest BCUT2D eigenvalue weighted by atomic mass is 16.5. The first-order valence-electron chi connectivity index (χ1n) is 2.96. The van der Waals surface area contributed by atoms with Crippen LogP contribution in [0.2, 0.25) is 0 Å². The Bertz CT molecular complexity index is 190. The van der Waals surface area contributed by atoms with E-state index in [0.29, 0.717) is 0 Å². The number of hydrogen-bond acceptors (Lipinski definition) is 3. The summed E-state index contributed by atoms with van der Waals surface area (Å²) in [6.45, 7) is 0.451. The van der Waals surface area contributed by atoms with Crippen molar-refractivity contribution in [1.82, 2.24) is 5.32 Å². The SMILES string of the molecule is CNC(=O)C1(C#N)COC1. The van der Waals surface area contributed by atoms with Gasteiger partial charge in [0.1, 0.15) is 0 Å². The number of carbonyl (C=O) groups excluding carboxylic acids is 1. The van der Waals surface area contributed by atoms with Gasteiger partial charge in [-0.15, -0.1) is 0 Å². The molecule has 1 amide bonds. The minimum absolute atomic E-state index is 0.225. The zero-order chi connectivity index (χ0) is 7.61. The van der Waals surface area contributed by atoms with Crippen LogP contribution in [-0.2, 0) is 9.53 Å². The fraction of sp³-hybridized carbons (Fsp3) is 0.667. The van der Waals surface area contributed by atoms with Gasteiger partial charge >= 0.3 is 0 Å². The summed E-state index contributed by atoms with van der Waals surface area (Å²) in [6.07, 6.45) is 0. The van der Waals surface area contributed by atoms with Gasteiger partial charge in [-0.25, -0.2) is 0 Å². The van der Waals surface area contributed by atoms with E-state index in [4.69, 9.17) is 10.00 Å². The normalized spacial score (nSPS) is 20.4. The van der Waals surface area contributed by atoms with Crippen molar-refractivity contribution in [2.45, 2.75) is 0 Å². The molecule has 1 saturated heterocycles. The smallest absolute Gasteiger partial charge is 0.245 e. The molecule has 0 saturated carbocycles. The minimum Gasteiger partial charge on any atom is -0.377 e. The summed E-state index contributed by atoms with van der Waals surface area (Å²) >= 11 is 0. The molecule has 1 aliphatic rings. The van der Waals surface area contributed by atoms with Crippen LogP contribution < -0.4 is 5.32 Å². The second-order valence-electron chi connectivity index (χ2n) is 2.27. The molecule has 0 aromatic carbocycles. The van der Waals surface area contributed by atoms with Crippen LogP contribution in [0.25, 0.3) is 0 Å². The van der Waals surface area contributed by atoms with E-state index in [0.717, 1.165) is 0 Å². The Morgan fingerprint density at radius 1 is 1.80 bits per heavy atom. The second-order valence-corrected chi connectivity index (χ2v) is 2.27. The van der Waals surface area contributed by atoms with Crippen LogP contribution in [0.4, 0.5) is 0 Å². The summed E-state index contributed by atoms with van der Waals surface area (Å²) < 4.78 is 4.77. The van der Waals surface area contributed by atoms with Crippen molar-refractivity contribution in [1.29, 1.82) is 5.26 Å². The van der Waals surface area contributed by atoms with Crippen molar-refractivity contribution in [2.75, 3.05) is 20.3 Å². The van der Waals surface area contributed by atoms with Crippen LogP contribution >= 0.6 is 0 Å². The molecule has 54 valence electrons. The zero-order valence-corrected chi connectivity index (χ0v) is 5.68. The fourth-order valence-corrected chi connectivity index (χ4v) is 0.792. The zero-order valence-electron chi connectivity index (χ0n) is 5.68. The van der Waals surface area contributed by atoms with Gasteiger partial charge in [-0.05, 0) is 0 Å². The molecule has 1 aliphatic heterocycles. The molecule has 0 bridgehead atoms. The molecule has 0 unspecified atom stereocenters. The van der Waals surface area contributed by atoms with Crippen molar-refractivity contribution < 1.29 is 9.53 Å². The summed E-state index contributed by atoms with van der Waals surface area (Å²) in [6, 6.07) is 1.93. The Hall–Kier alpha value is -1.08. The topological polar surface area (TPSA) is 62.1 Å². The molecular weight excluding hydrogens is 132 g/mol. The Kier molecular flexibility index (Phi) is 1.60. The van der Waals surface area contributed by atoms with E-state index in [1.54, 1.807) is 0 Å². The first-order valence-corrected chi connectivity index (χ1v) is 2.96. The predicted molar refractivity (Wildman–Crippen MR) is 32.9 cm³/mol. The molecule has 0 aromatic rings. The first-order chi connectivity index (χ1) is 4.75. The lowest BCUT2D eigenvalue weighted by Gasteiger charge is -2.32. The van der Waals surface area contributed by atoms with Crippen LogP contribution in [0, 0.1) is 16.7 Å². The maximum absolute atomic E-state index is 10.9. The van der Waals surface area contributed by atoms with Gasteiger partial charge in [0.25, 0.3) is 0 Å². The first kappa shape index (κ1) is 7.03. The monoisotopic (exact) mass is 140 g/mol. The van der Waals surface area contributed by atoms with Crippen LogP contribution in [0.3, 0.4) is 0 Å². The van der Waals surface area contributed by atoms with E-state index in [1.165, 1.54) is 7.05 Å². The molecule has 1 heterocycles. The lowest BCUT2D eigenvalue weighted by molar-refractivity contribution is -0.149. The third kappa shape index (κ3) is 0.755. The van der Waals surface area contributed by atoms with E-state index in [2.05, 4.69) is 5.32 Å². The number of amides is 1. The molecule has 0 aromatic heterocycles. The molecule has 1 fully saturated rings. The maximum Gasteiger partial charge on any atom is 0.245 e. The van der Waals surface area contributed by atoms with Crippen LogP contribution in [-0.4, -0.2) is 26.2 Å². The van der Waals surface area contributed by atoms with Crippen LogP contribution in [0.1, 0.15) is 0 Å². The van der Waals surface area contributed by atoms with E-state index < -0.39 is 5.41 Å². The van der Waals surface area contributed by atoms with Crippen molar-refractivity contribution in [3.8, 4) is 6.07 Å². The summed E-state index contributed by atoms with van der Waals surface area (Å²) in [5.41, 5.74) is -0.894. The number of nitriles is 1. The van der Waals surface area contributed by atoms with Gasteiger partial charge < -0.3 is 10.1 Å². The molecule has 4 nitrogen and oxygen atoms in total. The standard InChI is InChI=1S/C6H8N2O2/c1-8-5(9)6(2-7)3-10-4-6/h3-4H2,1H3,(H,8,9). The number of ether oxygens (including phenoxy) is 1. The third-order valence-corrected chi connectivity index (χ3v) is 1.57. The molecule has 1 rings (SSSR count). The number of nitrogens with zero attached hydrogens (tertiary/aromatic N) is 1. The third-order valence-electron chi connectivity index (χ3n) is 1.57. The number of carbonyl (C=O) groups is 1. The predicted octanol–water partition coefficient (Wildman–Crippen LogP) is -0.727. The minimum atomic E-state index is -0.894. The highest BCUT2D eigenvalue weighted by molar-refractivity contribution is 5.86. The molecule has 0 atom stereocenters. The van der Waals surface area contributed by atoms with Gasteiger partial charge in [-0.3, -0.25) is 4.79 Å². The van der Waals surface area contributed by atoms with Gasteiger partial charge in [-0.1, -0.05) is 0 Å². The quantitative estimate of drug-likeness (QED) is 0.522. The number of nitrogens with one attached hydrogen (secondary N) is 1. The molecule has 4 heteroatoms. The van der Waals surface area contributed by atoms with Crippen LogP contribution in [0.5, 0.6) is 0 Å². The molecule has 1 N–H and O–H groups in total. The van der Waals surface area contributed by atoms with E-state index >= 15 is 0 Å². The number of hydrogen-bond donors (Lipinski definition) is 1. The summed E-state index contributed by atoms with van der Waals surface area (Å²) in [5.74, 6) is -0.249. The Morgan fingerprint density at radius 3 is 2.50 bits per heavy atom. The lowest BCUT2D eigenvalue weighted by Crippen LogP contribution is -2.52. The van der Waals surface area contributed by atoms with Gasteiger partial charge in [0.15, 0.2) is 5.41 Å². The molecule has 10 heavy (non-hydrogen) atoms. The summed E-state index contributed by atoms with van der Waals surface area (Å²) in [5, 5.41) is 11.0. The average Bonchev–Trinajstić information content (AvgIpc) is 1.86. The largest absolute Gasteiger partial charge is 0.377 e. The average molecular weight is 140 g/mol. The van der Waals surface area contributed by atoms with E-state index in [1.807, 2.05) is 6.07 Å². The van der Waals surface area contributed by atoms with Crippen molar-refractivity contribution in [3.05, 3.63) is 0 Å². The highest BCUT2D eigenvalue weighted by Gasteiger charge is 2.45. The van der Waals surface area contributed by atoms with E-state index in [-0.39, 0.29) is 19.1 Å². The van der Waals surface area contributed by atoms with Crippen molar-refractivity contribution in [3.63, 3.8) is 0 Å². The maximum atomic E-state index is 10.9. The molecule has 0 spiro atoms. The summed E-state index contributed by atoms with van der Waals surface area (Å²) in [4.78, 5) is 10.9. The second kappa shape index (κ2) is 2.27. The van der Waals surface area contributed by atoms with Gasteiger partial charge in [-0.2, -0.15) is 5.26 Å². The number of rotatable bonds is 1.